The van der Waals surface area contributed by atoms with Crippen LogP contribution in [0.5, 0.6) is 0 Å². The minimum atomic E-state index is -0.901. The maximum Gasteiger partial charge on any atom is 0.307 e. The van der Waals surface area contributed by atoms with Crippen LogP contribution in [0.3, 0.4) is 0 Å². The minimum absolute atomic E-state index is 0.0421. The second-order valence-electron chi connectivity index (χ2n) is 10.8. The molecule has 1 N–H and O–H groups in total. The number of ether oxygens (including phenoxy) is 1. The summed E-state index contributed by atoms with van der Waals surface area (Å²) in [5.41, 5.74) is 0. The second-order valence-corrected chi connectivity index (χ2v) is 10.8. The van der Waals surface area contributed by atoms with Crippen molar-refractivity contribution < 1.29 is 19.4 Å². The van der Waals surface area contributed by atoms with Gasteiger partial charge >= 0.3 is 11.9 Å². The van der Waals surface area contributed by atoms with Gasteiger partial charge in [-0.15, -0.1) is 0 Å². The van der Waals surface area contributed by atoms with Crippen LogP contribution in [0, 0.1) is 5.92 Å². The Hall–Kier alpha value is -1.58. The third kappa shape index (κ3) is 27.3. The normalized spacial score (nSPS) is 12.1. The van der Waals surface area contributed by atoms with E-state index in [0.29, 0.717) is 6.42 Å². The highest BCUT2D eigenvalue weighted by Crippen LogP contribution is 2.18. The zero-order valence-electron chi connectivity index (χ0n) is 24.4. The van der Waals surface area contributed by atoms with Crippen LogP contribution < -0.4 is 0 Å². The molecule has 0 heterocycles. The van der Waals surface area contributed by atoms with Gasteiger partial charge in [0.1, 0.15) is 6.61 Å². The van der Waals surface area contributed by atoms with Crippen molar-refractivity contribution >= 4 is 11.9 Å². The number of esters is 1. The summed E-state index contributed by atoms with van der Waals surface area (Å²) < 4.78 is 4.91. The predicted molar refractivity (Wildman–Crippen MR) is 158 cm³/mol. The zero-order valence-corrected chi connectivity index (χ0v) is 24.4. The van der Waals surface area contributed by atoms with Crippen molar-refractivity contribution in [3.05, 3.63) is 24.8 Å². The fraction of sp³-hybridized carbons (Fsp3) is 0.818. The Morgan fingerprint density at radius 1 is 0.676 bits per heavy atom. The molecule has 0 spiro atoms. The minimum Gasteiger partial charge on any atom is -0.481 e. The van der Waals surface area contributed by atoms with Crippen molar-refractivity contribution in [2.45, 2.75) is 161 Å². The Bertz CT molecular complexity index is 555. The summed E-state index contributed by atoms with van der Waals surface area (Å²) in [5, 5.41) is 9.30. The topological polar surface area (TPSA) is 63.6 Å². The Labute approximate surface area is 229 Å². The van der Waals surface area contributed by atoms with Gasteiger partial charge in [-0.2, -0.15) is 0 Å². The summed E-state index contributed by atoms with van der Waals surface area (Å²) in [6.07, 6.45) is 35.6. The summed E-state index contributed by atoms with van der Waals surface area (Å²) in [6.45, 7) is 5.91. The summed E-state index contributed by atoms with van der Waals surface area (Å²) in [4.78, 5) is 23.0. The average Bonchev–Trinajstić information content (AvgIpc) is 2.89. The first kappa shape index (κ1) is 35.4. The molecule has 0 aromatic heterocycles. The van der Waals surface area contributed by atoms with Crippen LogP contribution in [0.4, 0.5) is 0 Å². The molecule has 0 bridgehead atoms. The highest BCUT2D eigenvalue weighted by atomic mass is 16.5. The first-order valence-corrected chi connectivity index (χ1v) is 15.8. The van der Waals surface area contributed by atoms with E-state index in [1.54, 1.807) is 0 Å². The maximum absolute atomic E-state index is 11.6. The monoisotopic (exact) mass is 520 g/mol. The van der Waals surface area contributed by atoms with Gasteiger partial charge in [0.25, 0.3) is 0 Å². The zero-order chi connectivity index (χ0) is 27.2. The van der Waals surface area contributed by atoms with E-state index in [9.17, 15) is 14.7 Å². The Morgan fingerprint density at radius 3 is 1.49 bits per heavy atom. The number of carbonyl (C=O) groups is 2. The highest BCUT2D eigenvalue weighted by molar-refractivity contribution is 5.78. The Balaban J connectivity index is 3.35. The van der Waals surface area contributed by atoms with Gasteiger partial charge < -0.3 is 9.84 Å². The molecular weight excluding hydrogens is 460 g/mol. The molecule has 216 valence electrons. The van der Waals surface area contributed by atoms with Gasteiger partial charge in [0, 0.05) is 0 Å². The highest BCUT2D eigenvalue weighted by Gasteiger charge is 2.21. The van der Waals surface area contributed by atoms with Gasteiger partial charge in [0.05, 0.1) is 12.3 Å². The van der Waals surface area contributed by atoms with Crippen molar-refractivity contribution in [1.82, 2.24) is 0 Å². The van der Waals surface area contributed by atoms with E-state index in [2.05, 4.69) is 25.7 Å². The van der Waals surface area contributed by atoms with Crippen LogP contribution in [-0.2, 0) is 14.3 Å². The number of allylic oxidation sites excluding steroid dienone is 2. The van der Waals surface area contributed by atoms with Crippen LogP contribution >= 0.6 is 0 Å². The molecule has 4 nitrogen and oxygen atoms in total. The van der Waals surface area contributed by atoms with Crippen molar-refractivity contribution in [3.63, 3.8) is 0 Å². The molecule has 0 aliphatic heterocycles. The molecule has 0 radical (unpaired) electrons. The van der Waals surface area contributed by atoms with Crippen LogP contribution in [0.15, 0.2) is 24.8 Å². The molecule has 0 fully saturated rings. The lowest BCUT2D eigenvalue weighted by Crippen LogP contribution is -2.19. The first-order valence-electron chi connectivity index (χ1n) is 15.8. The van der Waals surface area contributed by atoms with E-state index >= 15 is 0 Å². The van der Waals surface area contributed by atoms with Crippen molar-refractivity contribution in [1.29, 1.82) is 0 Å². The second kappa shape index (κ2) is 29.0. The fourth-order valence-electron chi connectivity index (χ4n) is 4.78. The van der Waals surface area contributed by atoms with E-state index in [-0.39, 0.29) is 13.0 Å². The molecule has 4 heteroatoms. The quantitative estimate of drug-likeness (QED) is 0.0605. The standard InChI is InChI=1S/C33H60O4/c1-3-5-6-7-8-9-10-11-12-13-14-15-16-17-18-19-20-21-22-23-24-25-26-27-28-31(33(35)36)30-32(34)37-29-4-2/h4,12-13,31H,2-3,5-11,14-30H2,1H3,(H,35,36)/b13-12+. The molecule has 0 saturated carbocycles. The van der Waals surface area contributed by atoms with E-state index in [1.807, 2.05) is 0 Å². The lowest BCUT2D eigenvalue weighted by Gasteiger charge is -2.11. The maximum atomic E-state index is 11.6. The number of hydrogen-bond acceptors (Lipinski definition) is 3. The van der Waals surface area contributed by atoms with Crippen LogP contribution in [0.2, 0.25) is 0 Å². The molecular formula is C33H60O4. The molecule has 1 unspecified atom stereocenters. The molecule has 0 aromatic carbocycles. The predicted octanol–water partition coefficient (Wildman–Crippen LogP) is 10.4. The van der Waals surface area contributed by atoms with Gasteiger partial charge in [0.15, 0.2) is 0 Å². The summed E-state index contributed by atoms with van der Waals surface area (Å²) in [6, 6.07) is 0. The first-order chi connectivity index (χ1) is 18.1. The number of carboxylic acids is 1. The number of unbranched alkanes of at least 4 members (excludes halogenated alkanes) is 20. The number of aliphatic carboxylic acids is 1. The summed E-state index contributed by atoms with van der Waals surface area (Å²) in [5.74, 6) is -1.98. The molecule has 0 saturated heterocycles. The van der Waals surface area contributed by atoms with Crippen LogP contribution in [0.25, 0.3) is 0 Å². The van der Waals surface area contributed by atoms with Gasteiger partial charge in [-0.05, 0) is 32.1 Å². The number of carboxylic acid groups (broad SMARTS) is 1. The lowest BCUT2D eigenvalue weighted by atomic mass is 9.97. The van der Waals surface area contributed by atoms with Crippen LogP contribution in [-0.4, -0.2) is 23.7 Å². The van der Waals surface area contributed by atoms with Gasteiger partial charge in [-0.25, -0.2) is 0 Å². The van der Waals surface area contributed by atoms with E-state index in [0.717, 1.165) is 19.3 Å². The summed E-state index contributed by atoms with van der Waals surface area (Å²) in [7, 11) is 0. The molecule has 37 heavy (non-hydrogen) atoms. The largest absolute Gasteiger partial charge is 0.481 e. The van der Waals surface area contributed by atoms with Gasteiger partial charge in [0.2, 0.25) is 0 Å². The molecule has 0 aliphatic carbocycles. The third-order valence-electron chi connectivity index (χ3n) is 7.19. The van der Waals surface area contributed by atoms with Crippen molar-refractivity contribution in [2.24, 2.45) is 5.92 Å². The Kier molecular flexibility index (Phi) is 27.7. The fourth-order valence-corrected chi connectivity index (χ4v) is 4.78. The molecule has 0 aliphatic rings. The SMILES string of the molecule is C=CCOC(=O)CC(CCCCCCCCCCCCCCC/C=C/CCCCCCCCC)C(=O)O. The Morgan fingerprint density at radius 2 is 1.08 bits per heavy atom. The summed E-state index contributed by atoms with van der Waals surface area (Å²) >= 11 is 0. The third-order valence-corrected chi connectivity index (χ3v) is 7.19. The van der Waals surface area contributed by atoms with E-state index in [4.69, 9.17) is 4.74 Å². The van der Waals surface area contributed by atoms with Gasteiger partial charge in [-0.1, -0.05) is 147 Å². The van der Waals surface area contributed by atoms with Crippen LogP contribution in [0.1, 0.15) is 161 Å². The van der Waals surface area contributed by atoms with Gasteiger partial charge in [-0.3, -0.25) is 9.59 Å². The molecule has 1 atom stereocenters. The smallest absolute Gasteiger partial charge is 0.307 e. The number of hydrogen-bond donors (Lipinski definition) is 1. The van der Waals surface area contributed by atoms with Crippen molar-refractivity contribution in [3.8, 4) is 0 Å². The molecule has 0 amide bonds. The molecule has 0 aromatic rings. The molecule has 0 rings (SSSR count). The number of rotatable bonds is 29. The number of carbonyl (C=O) groups excluding carboxylic acids is 1. The lowest BCUT2D eigenvalue weighted by molar-refractivity contribution is -0.151. The van der Waals surface area contributed by atoms with E-state index in [1.165, 1.54) is 128 Å². The van der Waals surface area contributed by atoms with Crippen molar-refractivity contribution in [2.75, 3.05) is 6.61 Å². The average molecular weight is 521 g/mol. The van der Waals surface area contributed by atoms with E-state index < -0.39 is 17.9 Å².